The number of aromatic nitrogens is 3. The van der Waals surface area contributed by atoms with Crippen LogP contribution in [-0.2, 0) is 0 Å². The molecule has 1 fully saturated rings. The molecule has 6 heteroatoms. The van der Waals surface area contributed by atoms with Crippen LogP contribution in [0.3, 0.4) is 0 Å². The monoisotopic (exact) mass is 360 g/mol. The fraction of sp³-hybridized carbons (Fsp3) is 0.190. The summed E-state index contributed by atoms with van der Waals surface area (Å²) in [6.45, 7) is 4.04. The number of benzene rings is 2. The summed E-state index contributed by atoms with van der Waals surface area (Å²) in [4.78, 5) is 16.9. The van der Waals surface area contributed by atoms with E-state index in [1.165, 1.54) is 12.8 Å². The standard InChI is InChI=1S/C21H20N4O2/c1-2-13-27-18-11-7-16(8-12-18)21(26)22-17-9-5-15(6-10-17)20-23-19(24-25-20)14-3-4-14/h2,5-12,14H,1,3-4,13H2,(H,22,26)(H,23,24,25). The van der Waals surface area contributed by atoms with Crippen LogP contribution >= 0.6 is 0 Å². The normalized spacial score (nSPS) is 13.2. The maximum absolute atomic E-state index is 12.4. The number of carbonyl (C=O) groups excluding carboxylic acids is 1. The minimum Gasteiger partial charge on any atom is -0.490 e. The highest BCUT2D eigenvalue weighted by Gasteiger charge is 2.27. The molecule has 1 amide bonds. The van der Waals surface area contributed by atoms with Crippen molar-refractivity contribution in [3.05, 3.63) is 72.6 Å². The quantitative estimate of drug-likeness (QED) is 0.620. The first-order valence-electron chi connectivity index (χ1n) is 8.91. The maximum atomic E-state index is 12.4. The summed E-state index contributed by atoms with van der Waals surface area (Å²) in [6, 6.07) is 14.5. The fourth-order valence-electron chi connectivity index (χ4n) is 2.71. The zero-order valence-corrected chi connectivity index (χ0v) is 14.8. The summed E-state index contributed by atoms with van der Waals surface area (Å²) in [5.74, 6) is 2.71. The first-order valence-corrected chi connectivity index (χ1v) is 8.91. The molecule has 1 aliphatic rings. The van der Waals surface area contributed by atoms with Crippen molar-refractivity contribution in [3.8, 4) is 17.1 Å². The Morgan fingerprint density at radius 3 is 2.59 bits per heavy atom. The Hall–Kier alpha value is -3.41. The Bertz CT molecular complexity index is 941. The molecular weight excluding hydrogens is 340 g/mol. The smallest absolute Gasteiger partial charge is 0.255 e. The van der Waals surface area contributed by atoms with Gasteiger partial charge in [-0.25, -0.2) is 4.98 Å². The highest BCUT2D eigenvalue weighted by Crippen LogP contribution is 2.38. The molecule has 2 N–H and O–H groups in total. The number of nitrogens with zero attached hydrogens (tertiary/aromatic N) is 2. The van der Waals surface area contributed by atoms with Gasteiger partial charge in [0.05, 0.1) is 0 Å². The van der Waals surface area contributed by atoms with E-state index in [-0.39, 0.29) is 5.91 Å². The minimum atomic E-state index is -0.174. The summed E-state index contributed by atoms with van der Waals surface area (Å²) < 4.78 is 5.42. The predicted molar refractivity (Wildman–Crippen MR) is 104 cm³/mol. The molecule has 0 aliphatic heterocycles. The zero-order valence-electron chi connectivity index (χ0n) is 14.8. The van der Waals surface area contributed by atoms with Crippen LogP contribution in [0.1, 0.15) is 34.9 Å². The predicted octanol–water partition coefficient (Wildman–Crippen LogP) is 4.17. The van der Waals surface area contributed by atoms with Gasteiger partial charge in [0.1, 0.15) is 18.2 Å². The maximum Gasteiger partial charge on any atom is 0.255 e. The second-order valence-corrected chi connectivity index (χ2v) is 6.47. The Balaban J connectivity index is 1.39. The Labute approximate surface area is 157 Å². The molecule has 1 aliphatic carbocycles. The van der Waals surface area contributed by atoms with Gasteiger partial charge in [0.25, 0.3) is 5.91 Å². The van der Waals surface area contributed by atoms with Crippen LogP contribution < -0.4 is 10.1 Å². The molecule has 0 saturated heterocycles. The van der Waals surface area contributed by atoms with E-state index in [1.807, 2.05) is 24.3 Å². The molecule has 0 bridgehead atoms. The minimum absolute atomic E-state index is 0.174. The molecule has 1 heterocycles. The summed E-state index contributed by atoms with van der Waals surface area (Å²) >= 11 is 0. The molecule has 3 aromatic rings. The molecule has 0 atom stereocenters. The molecule has 1 aromatic heterocycles. The number of carbonyl (C=O) groups is 1. The molecular formula is C21H20N4O2. The van der Waals surface area contributed by atoms with Crippen molar-refractivity contribution in [1.29, 1.82) is 0 Å². The Morgan fingerprint density at radius 2 is 1.93 bits per heavy atom. The molecule has 0 spiro atoms. The van der Waals surface area contributed by atoms with Crippen LogP contribution in [0.15, 0.2) is 61.2 Å². The lowest BCUT2D eigenvalue weighted by atomic mass is 10.1. The number of amides is 1. The Morgan fingerprint density at radius 1 is 1.19 bits per heavy atom. The number of hydrogen-bond acceptors (Lipinski definition) is 4. The molecule has 27 heavy (non-hydrogen) atoms. The zero-order chi connectivity index (χ0) is 18.6. The van der Waals surface area contributed by atoms with E-state index >= 15 is 0 Å². The summed E-state index contributed by atoms with van der Waals surface area (Å²) in [6.07, 6.45) is 4.04. The second kappa shape index (κ2) is 7.45. The van der Waals surface area contributed by atoms with Crippen molar-refractivity contribution in [2.45, 2.75) is 18.8 Å². The van der Waals surface area contributed by atoms with Gasteiger partial charge in [0.15, 0.2) is 5.82 Å². The van der Waals surface area contributed by atoms with Crippen molar-refractivity contribution < 1.29 is 9.53 Å². The second-order valence-electron chi connectivity index (χ2n) is 6.47. The van der Waals surface area contributed by atoms with E-state index in [1.54, 1.807) is 30.3 Å². The van der Waals surface area contributed by atoms with Gasteiger partial charge in [-0.3, -0.25) is 9.89 Å². The van der Waals surface area contributed by atoms with Crippen LogP contribution in [0.2, 0.25) is 0 Å². The SMILES string of the molecule is C=CCOc1ccc(C(=O)Nc2ccc(-c3n[nH]c(C4CC4)n3)cc2)cc1. The molecule has 136 valence electrons. The van der Waals surface area contributed by atoms with Crippen molar-refractivity contribution >= 4 is 11.6 Å². The number of H-pyrrole nitrogens is 1. The number of nitrogens with one attached hydrogen (secondary N) is 2. The van der Waals surface area contributed by atoms with Crippen molar-refractivity contribution in [3.63, 3.8) is 0 Å². The Kier molecular flexibility index (Phi) is 4.70. The molecule has 1 saturated carbocycles. The fourth-order valence-corrected chi connectivity index (χ4v) is 2.71. The van der Waals surface area contributed by atoms with Gasteiger partial charge in [0, 0.05) is 22.7 Å². The van der Waals surface area contributed by atoms with E-state index < -0.39 is 0 Å². The van der Waals surface area contributed by atoms with Crippen molar-refractivity contribution in [2.24, 2.45) is 0 Å². The number of anilines is 1. The van der Waals surface area contributed by atoms with Crippen LogP contribution in [0.25, 0.3) is 11.4 Å². The van der Waals surface area contributed by atoms with Crippen LogP contribution in [0.4, 0.5) is 5.69 Å². The van der Waals surface area contributed by atoms with Gasteiger partial charge in [-0.15, -0.1) is 0 Å². The number of hydrogen-bond donors (Lipinski definition) is 2. The molecule has 4 rings (SSSR count). The lowest BCUT2D eigenvalue weighted by molar-refractivity contribution is 0.102. The number of ether oxygens (including phenoxy) is 1. The number of aromatic amines is 1. The third-order valence-corrected chi connectivity index (χ3v) is 4.35. The summed E-state index contributed by atoms with van der Waals surface area (Å²) in [7, 11) is 0. The topological polar surface area (TPSA) is 79.9 Å². The first-order chi connectivity index (χ1) is 13.2. The van der Waals surface area contributed by atoms with Crippen LogP contribution in [0, 0.1) is 0 Å². The van der Waals surface area contributed by atoms with Crippen molar-refractivity contribution in [2.75, 3.05) is 11.9 Å². The van der Waals surface area contributed by atoms with Gasteiger partial charge in [-0.1, -0.05) is 12.7 Å². The van der Waals surface area contributed by atoms with Gasteiger partial charge >= 0.3 is 0 Å². The number of rotatable bonds is 7. The van der Waals surface area contributed by atoms with Crippen LogP contribution in [0.5, 0.6) is 5.75 Å². The van der Waals surface area contributed by atoms with E-state index in [9.17, 15) is 4.79 Å². The molecule has 0 unspecified atom stereocenters. The van der Waals surface area contributed by atoms with E-state index in [2.05, 4.69) is 27.1 Å². The van der Waals surface area contributed by atoms with Crippen molar-refractivity contribution in [1.82, 2.24) is 15.2 Å². The summed E-state index contributed by atoms with van der Waals surface area (Å²) in [5, 5.41) is 10.2. The third-order valence-electron chi connectivity index (χ3n) is 4.35. The lowest BCUT2D eigenvalue weighted by Crippen LogP contribution is -2.11. The average Bonchev–Trinajstić information content (AvgIpc) is 3.44. The first kappa shape index (κ1) is 17.0. The van der Waals surface area contributed by atoms with Gasteiger partial charge in [-0.2, -0.15) is 5.10 Å². The molecule has 2 aromatic carbocycles. The van der Waals surface area contributed by atoms with E-state index in [4.69, 9.17) is 4.74 Å². The van der Waals surface area contributed by atoms with Gasteiger partial charge < -0.3 is 10.1 Å². The largest absolute Gasteiger partial charge is 0.490 e. The summed E-state index contributed by atoms with van der Waals surface area (Å²) in [5.41, 5.74) is 2.20. The van der Waals surface area contributed by atoms with E-state index in [0.717, 1.165) is 11.4 Å². The average molecular weight is 360 g/mol. The van der Waals surface area contributed by atoms with Crippen LogP contribution in [-0.4, -0.2) is 27.7 Å². The highest BCUT2D eigenvalue weighted by atomic mass is 16.5. The highest BCUT2D eigenvalue weighted by molar-refractivity contribution is 6.04. The molecule has 6 nitrogen and oxygen atoms in total. The van der Waals surface area contributed by atoms with Gasteiger partial charge in [0.2, 0.25) is 0 Å². The third kappa shape index (κ3) is 4.06. The lowest BCUT2D eigenvalue weighted by Gasteiger charge is -2.07. The van der Waals surface area contributed by atoms with Gasteiger partial charge in [-0.05, 0) is 61.4 Å². The van der Waals surface area contributed by atoms with E-state index in [0.29, 0.717) is 35.3 Å². The molecule has 0 radical (unpaired) electrons.